The zero-order valence-corrected chi connectivity index (χ0v) is 6.71. The molecule has 1 unspecified atom stereocenters. The van der Waals surface area contributed by atoms with Crippen LogP contribution >= 0.6 is 0 Å². The van der Waals surface area contributed by atoms with Crippen LogP contribution in [0.3, 0.4) is 0 Å². The summed E-state index contributed by atoms with van der Waals surface area (Å²) in [5.41, 5.74) is 0. The van der Waals surface area contributed by atoms with Crippen molar-refractivity contribution in [2.45, 2.75) is 6.29 Å². The number of rotatable bonds is 6. The maximum Gasteiger partial charge on any atom is 0.180 e. The third kappa shape index (κ3) is 7.64. The van der Waals surface area contributed by atoms with Crippen LogP contribution in [0.4, 0.5) is 9.09 Å². The Bertz CT molecular complexity index is 72.8. The smallest absolute Gasteiger partial charge is 0.180 e. The molecule has 0 aliphatic heterocycles. The fourth-order valence-electron chi connectivity index (χ4n) is 0.496. The van der Waals surface area contributed by atoms with E-state index in [1.807, 2.05) is 0 Å². The lowest BCUT2D eigenvalue weighted by Crippen LogP contribution is -2.22. The predicted molar refractivity (Wildman–Crippen MR) is 37.1 cm³/mol. The summed E-state index contributed by atoms with van der Waals surface area (Å²) >= 11 is 0. The molecular formula is C6H14F2O3. The number of halogens is 2. The third-order valence-corrected chi connectivity index (χ3v) is 0.947. The van der Waals surface area contributed by atoms with Gasteiger partial charge in [-0.05, 0) is 0 Å². The van der Waals surface area contributed by atoms with E-state index in [-0.39, 0.29) is 11.3 Å². The SMILES string of the molecule is COCC(OC)OCCF.F. The van der Waals surface area contributed by atoms with Gasteiger partial charge in [0.15, 0.2) is 6.29 Å². The number of alkyl halides is 1. The molecule has 0 saturated heterocycles. The topological polar surface area (TPSA) is 27.7 Å². The van der Waals surface area contributed by atoms with E-state index in [4.69, 9.17) is 14.2 Å². The van der Waals surface area contributed by atoms with Crippen LogP contribution in [0.5, 0.6) is 0 Å². The van der Waals surface area contributed by atoms with E-state index >= 15 is 0 Å². The summed E-state index contributed by atoms with van der Waals surface area (Å²) in [4.78, 5) is 0. The lowest BCUT2D eigenvalue weighted by atomic mass is 10.6. The largest absolute Gasteiger partial charge is 0.379 e. The average Bonchev–Trinajstić information content (AvgIpc) is 1.98. The number of methoxy groups -OCH3 is 2. The molecule has 11 heavy (non-hydrogen) atoms. The summed E-state index contributed by atoms with van der Waals surface area (Å²) in [7, 11) is 3.02. The Morgan fingerprint density at radius 3 is 2.36 bits per heavy atom. The molecule has 0 amide bonds. The van der Waals surface area contributed by atoms with Crippen molar-refractivity contribution in [3.63, 3.8) is 0 Å². The molecule has 1 atom stereocenters. The highest BCUT2D eigenvalue weighted by Gasteiger charge is 2.04. The van der Waals surface area contributed by atoms with Crippen LogP contribution in [0.15, 0.2) is 0 Å². The van der Waals surface area contributed by atoms with Gasteiger partial charge in [0.1, 0.15) is 6.67 Å². The molecule has 0 heterocycles. The van der Waals surface area contributed by atoms with Crippen molar-refractivity contribution in [2.75, 3.05) is 34.1 Å². The fourth-order valence-corrected chi connectivity index (χ4v) is 0.496. The Balaban J connectivity index is 0. The maximum absolute atomic E-state index is 11.5. The first kappa shape index (κ1) is 13.3. The van der Waals surface area contributed by atoms with Crippen molar-refractivity contribution in [1.29, 1.82) is 0 Å². The third-order valence-electron chi connectivity index (χ3n) is 0.947. The first-order valence-corrected chi connectivity index (χ1v) is 3.04. The maximum atomic E-state index is 11.5. The molecular weight excluding hydrogens is 158 g/mol. The van der Waals surface area contributed by atoms with Crippen LogP contribution in [0.1, 0.15) is 0 Å². The van der Waals surface area contributed by atoms with E-state index in [9.17, 15) is 4.39 Å². The lowest BCUT2D eigenvalue weighted by Gasteiger charge is -2.13. The second-order valence-electron chi connectivity index (χ2n) is 1.68. The second kappa shape index (κ2) is 9.74. The van der Waals surface area contributed by atoms with E-state index < -0.39 is 13.0 Å². The van der Waals surface area contributed by atoms with Gasteiger partial charge in [0, 0.05) is 14.2 Å². The van der Waals surface area contributed by atoms with Gasteiger partial charge in [-0.2, -0.15) is 0 Å². The van der Waals surface area contributed by atoms with Crippen LogP contribution in [0.2, 0.25) is 0 Å². The molecule has 5 heteroatoms. The first-order chi connectivity index (χ1) is 4.85. The minimum absolute atomic E-state index is 0. The summed E-state index contributed by atoms with van der Waals surface area (Å²) < 4.78 is 25.9. The van der Waals surface area contributed by atoms with Gasteiger partial charge < -0.3 is 14.2 Å². The van der Waals surface area contributed by atoms with E-state index in [1.54, 1.807) is 0 Å². The van der Waals surface area contributed by atoms with Crippen LogP contribution in [-0.2, 0) is 14.2 Å². The van der Waals surface area contributed by atoms with E-state index in [0.717, 1.165) is 0 Å². The van der Waals surface area contributed by atoms with Gasteiger partial charge in [-0.1, -0.05) is 0 Å². The monoisotopic (exact) mass is 172 g/mol. The Morgan fingerprint density at radius 1 is 1.36 bits per heavy atom. The lowest BCUT2D eigenvalue weighted by molar-refractivity contribution is -0.153. The van der Waals surface area contributed by atoms with Gasteiger partial charge >= 0.3 is 0 Å². The number of ether oxygens (including phenoxy) is 3. The van der Waals surface area contributed by atoms with Gasteiger partial charge in [0.2, 0.25) is 0 Å². The Hall–Kier alpha value is -0.260. The minimum atomic E-state index is -0.496. The molecule has 3 nitrogen and oxygen atoms in total. The number of hydrogen-bond donors (Lipinski definition) is 0. The Morgan fingerprint density at radius 2 is 2.00 bits per heavy atom. The number of hydrogen-bond acceptors (Lipinski definition) is 3. The molecule has 0 N–H and O–H groups in total. The first-order valence-electron chi connectivity index (χ1n) is 3.04. The summed E-state index contributed by atoms with van der Waals surface area (Å²) in [6.07, 6.45) is -0.444. The van der Waals surface area contributed by atoms with E-state index in [0.29, 0.717) is 6.61 Å². The zero-order chi connectivity index (χ0) is 7.82. The van der Waals surface area contributed by atoms with Gasteiger partial charge in [0.05, 0.1) is 13.2 Å². The summed E-state index contributed by atoms with van der Waals surface area (Å²) in [5.74, 6) is 0. The van der Waals surface area contributed by atoms with Crippen LogP contribution in [-0.4, -0.2) is 40.4 Å². The zero-order valence-electron chi connectivity index (χ0n) is 6.71. The average molecular weight is 172 g/mol. The van der Waals surface area contributed by atoms with Gasteiger partial charge in [-0.3, -0.25) is 4.70 Å². The molecule has 70 valence electrons. The molecule has 0 saturated carbocycles. The van der Waals surface area contributed by atoms with Crippen molar-refractivity contribution in [3.05, 3.63) is 0 Å². The van der Waals surface area contributed by atoms with Crippen molar-refractivity contribution in [2.24, 2.45) is 0 Å². The highest BCUT2D eigenvalue weighted by Crippen LogP contribution is 1.92. The van der Waals surface area contributed by atoms with Crippen molar-refractivity contribution >= 4 is 0 Å². The van der Waals surface area contributed by atoms with Crippen molar-refractivity contribution in [3.8, 4) is 0 Å². The van der Waals surface area contributed by atoms with Crippen LogP contribution in [0, 0.1) is 0 Å². The molecule has 0 radical (unpaired) electrons. The second-order valence-corrected chi connectivity index (χ2v) is 1.68. The predicted octanol–water partition coefficient (Wildman–Crippen LogP) is 0.744. The molecule has 0 bridgehead atoms. The highest BCUT2D eigenvalue weighted by molar-refractivity contribution is 4.38. The fraction of sp³-hybridized carbons (Fsp3) is 1.00. The molecule has 0 aliphatic rings. The Kier molecular flexibility index (Phi) is 11.8. The molecule has 0 aromatic heterocycles. The van der Waals surface area contributed by atoms with Crippen LogP contribution < -0.4 is 0 Å². The summed E-state index contributed by atoms with van der Waals surface area (Å²) in [5, 5.41) is 0. The van der Waals surface area contributed by atoms with Gasteiger partial charge in [-0.25, -0.2) is 4.39 Å². The Labute approximate surface area is 64.8 Å². The summed E-state index contributed by atoms with van der Waals surface area (Å²) in [6, 6.07) is 0. The van der Waals surface area contributed by atoms with Gasteiger partial charge in [-0.15, -0.1) is 0 Å². The molecule has 0 rings (SSSR count). The quantitative estimate of drug-likeness (QED) is 0.553. The highest BCUT2D eigenvalue weighted by atomic mass is 19.1. The molecule has 0 aromatic carbocycles. The van der Waals surface area contributed by atoms with Crippen LogP contribution in [0.25, 0.3) is 0 Å². The minimum Gasteiger partial charge on any atom is -0.379 e. The normalized spacial score (nSPS) is 12.3. The van der Waals surface area contributed by atoms with Gasteiger partial charge in [0.25, 0.3) is 0 Å². The summed E-state index contributed by atoms with van der Waals surface area (Å²) in [6.45, 7) is -0.109. The molecule has 0 spiro atoms. The molecule has 0 aromatic rings. The van der Waals surface area contributed by atoms with E-state index in [2.05, 4.69) is 0 Å². The van der Waals surface area contributed by atoms with Crippen molar-refractivity contribution in [1.82, 2.24) is 0 Å². The molecule has 0 aliphatic carbocycles. The standard InChI is InChI=1S/C6H13FO3.FH/c1-8-5-6(9-2)10-4-3-7;/h6H,3-5H2,1-2H3;1H. The molecule has 0 fully saturated rings. The van der Waals surface area contributed by atoms with Crippen molar-refractivity contribution < 1.29 is 23.3 Å². The van der Waals surface area contributed by atoms with E-state index in [1.165, 1.54) is 14.2 Å².